The maximum atomic E-state index is 10.8. The van der Waals surface area contributed by atoms with Gasteiger partial charge in [-0.25, -0.2) is 0 Å². The Morgan fingerprint density at radius 1 is 0.676 bits per heavy atom. The quantitative estimate of drug-likeness (QED) is 0.163. The number of aromatic hydroxyl groups is 1. The second-order valence-corrected chi connectivity index (χ2v) is 12.4. The fraction of sp³-hybridized carbons (Fsp3) is 0.812. The largest absolute Gasteiger partial charge is 0.507 e. The molecule has 1 rings (SSSR count). The Morgan fingerprint density at radius 2 is 1.15 bits per heavy atom. The number of phenolic OH excluding ortho intramolecular Hbond substituents is 1. The Bertz CT molecular complexity index is 622. The summed E-state index contributed by atoms with van der Waals surface area (Å²) in [4.78, 5) is 0. The molecule has 0 aliphatic rings. The smallest absolute Gasteiger partial charge is 0.122 e. The van der Waals surface area contributed by atoms with E-state index in [1.54, 1.807) is 0 Å². The average molecular weight is 491 g/mol. The van der Waals surface area contributed by atoms with Crippen molar-refractivity contribution < 1.29 is 5.11 Å². The third-order valence-electron chi connectivity index (χ3n) is 7.41. The molecule has 1 aromatic carbocycles. The summed E-state index contributed by atoms with van der Waals surface area (Å²) in [6.07, 6.45) is 24.6. The zero-order valence-corrected chi connectivity index (χ0v) is 24.5. The minimum atomic E-state index is 0.0372. The van der Waals surface area contributed by atoms with Crippen molar-refractivity contribution in [2.45, 2.75) is 161 Å². The first kappa shape index (κ1) is 31.4. The van der Waals surface area contributed by atoms with Crippen LogP contribution < -0.4 is 0 Å². The molecule has 0 radical (unpaired) electrons. The third-order valence-corrected chi connectivity index (χ3v) is 8.52. The van der Waals surface area contributed by atoms with E-state index in [0.29, 0.717) is 5.75 Å². The third kappa shape index (κ3) is 14.1. The molecule has 1 aromatic rings. The number of rotatable bonds is 22. The summed E-state index contributed by atoms with van der Waals surface area (Å²) < 4.78 is 0. The predicted octanol–water partition coefficient (Wildman–Crippen LogP) is 11.3. The van der Waals surface area contributed by atoms with Gasteiger partial charge in [-0.05, 0) is 42.1 Å². The predicted molar refractivity (Wildman–Crippen MR) is 156 cm³/mol. The van der Waals surface area contributed by atoms with Gasteiger partial charge in [0.15, 0.2) is 0 Å². The second-order valence-electron chi connectivity index (χ2n) is 11.3. The molecule has 0 spiro atoms. The summed E-state index contributed by atoms with van der Waals surface area (Å²) in [6, 6.07) is 4.50. The Balaban J connectivity index is 2.32. The van der Waals surface area contributed by atoms with Crippen molar-refractivity contribution in [3.05, 3.63) is 28.8 Å². The van der Waals surface area contributed by atoms with Crippen LogP contribution in [0.3, 0.4) is 0 Å². The van der Waals surface area contributed by atoms with Crippen LogP contribution in [0.5, 0.6) is 5.75 Å². The number of thioether (sulfide) groups is 1. The maximum absolute atomic E-state index is 10.8. The maximum Gasteiger partial charge on any atom is 0.122 e. The van der Waals surface area contributed by atoms with Crippen LogP contribution in [0.25, 0.3) is 0 Å². The lowest BCUT2D eigenvalue weighted by atomic mass is 9.78. The lowest BCUT2D eigenvalue weighted by Gasteiger charge is -2.28. The minimum absolute atomic E-state index is 0.0372. The highest BCUT2D eigenvalue weighted by molar-refractivity contribution is 7.98. The molecule has 198 valence electrons. The highest BCUT2D eigenvalue weighted by atomic mass is 32.2. The van der Waals surface area contributed by atoms with E-state index in [1.165, 1.54) is 120 Å². The molecule has 0 aromatic heterocycles. The Kier molecular flexibility index (Phi) is 18.1. The molecular formula is C32H58OS. The molecule has 0 amide bonds. The van der Waals surface area contributed by atoms with Crippen molar-refractivity contribution in [1.29, 1.82) is 0 Å². The standard InChI is InChI=1S/C32H58OS/c1-6-8-10-12-14-15-16-18-20-22-24-34-27-29-25-28(3)31(33)30(26-29)32(4,5)23-21-19-17-13-11-9-7-2/h25-26,33H,6-24,27H2,1-5H3. The van der Waals surface area contributed by atoms with Crippen LogP contribution in [0, 0.1) is 6.92 Å². The molecule has 1 N–H and O–H groups in total. The summed E-state index contributed by atoms with van der Waals surface area (Å²) >= 11 is 2.07. The highest BCUT2D eigenvalue weighted by Gasteiger charge is 2.25. The highest BCUT2D eigenvalue weighted by Crippen LogP contribution is 2.38. The van der Waals surface area contributed by atoms with Crippen LogP contribution in [0.1, 0.15) is 160 Å². The van der Waals surface area contributed by atoms with E-state index in [2.05, 4.69) is 58.5 Å². The zero-order valence-electron chi connectivity index (χ0n) is 23.7. The van der Waals surface area contributed by atoms with Crippen LogP contribution in [0.2, 0.25) is 0 Å². The minimum Gasteiger partial charge on any atom is -0.507 e. The van der Waals surface area contributed by atoms with Crippen LogP contribution >= 0.6 is 11.8 Å². The Morgan fingerprint density at radius 3 is 1.68 bits per heavy atom. The molecule has 0 saturated heterocycles. The van der Waals surface area contributed by atoms with Gasteiger partial charge in [-0.2, -0.15) is 11.8 Å². The van der Waals surface area contributed by atoms with Crippen LogP contribution in [-0.4, -0.2) is 10.9 Å². The van der Waals surface area contributed by atoms with Gasteiger partial charge < -0.3 is 5.11 Å². The van der Waals surface area contributed by atoms with Gasteiger partial charge in [0.2, 0.25) is 0 Å². The summed E-state index contributed by atoms with van der Waals surface area (Å²) in [5.41, 5.74) is 3.62. The summed E-state index contributed by atoms with van der Waals surface area (Å²) in [6.45, 7) is 11.3. The van der Waals surface area contributed by atoms with Crippen LogP contribution in [0.4, 0.5) is 0 Å². The van der Waals surface area contributed by atoms with Gasteiger partial charge in [0, 0.05) is 11.3 Å². The second kappa shape index (κ2) is 19.5. The molecule has 34 heavy (non-hydrogen) atoms. The van der Waals surface area contributed by atoms with Gasteiger partial charge in [0.25, 0.3) is 0 Å². The molecule has 2 heteroatoms. The summed E-state index contributed by atoms with van der Waals surface area (Å²) in [5, 5.41) is 10.8. The molecular weight excluding hydrogens is 432 g/mol. The number of phenols is 1. The Labute approximate surface area is 218 Å². The fourth-order valence-electron chi connectivity index (χ4n) is 4.99. The van der Waals surface area contributed by atoms with E-state index in [-0.39, 0.29) is 5.41 Å². The first-order valence-corrected chi connectivity index (χ1v) is 16.0. The molecule has 0 bridgehead atoms. The molecule has 0 aliphatic carbocycles. The Hall–Kier alpha value is -0.630. The van der Waals surface area contributed by atoms with Crippen molar-refractivity contribution in [1.82, 2.24) is 0 Å². The zero-order chi connectivity index (χ0) is 25.1. The lowest BCUT2D eigenvalue weighted by Crippen LogP contribution is -2.18. The van der Waals surface area contributed by atoms with E-state index in [9.17, 15) is 5.11 Å². The molecule has 0 aliphatic heterocycles. The molecule has 0 saturated carbocycles. The van der Waals surface area contributed by atoms with E-state index < -0.39 is 0 Å². The number of unbranched alkanes of at least 4 members (excludes halogenated alkanes) is 15. The lowest BCUT2D eigenvalue weighted by molar-refractivity contribution is 0.402. The van der Waals surface area contributed by atoms with Gasteiger partial charge in [-0.1, -0.05) is 143 Å². The van der Waals surface area contributed by atoms with E-state index in [4.69, 9.17) is 0 Å². The summed E-state index contributed by atoms with van der Waals surface area (Å²) in [5.74, 6) is 2.85. The number of hydrogen-bond donors (Lipinski definition) is 1. The first-order chi connectivity index (χ1) is 16.4. The molecule has 0 unspecified atom stereocenters. The number of benzene rings is 1. The fourth-order valence-corrected chi connectivity index (χ4v) is 5.95. The van der Waals surface area contributed by atoms with Gasteiger partial charge in [-0.3, -0.25) is 0 Å². The van der Waals surface area contributed by atoms with Crippen molar-refractivity contribution in [3.63, 3.8) is 0 Å². The summed E-state index contributed by atoms with van der Waals surface area (Å²) in [7, 11) is 0. The van der Waals surface area contributed by atoms with Gasteiger partial charge in [0.1, 0.15) is 5.75 Å². The van der Waals surface area contributed by atoms with Crippen molar-refractivity contribution in [2.24, 2.45) is 0 Å². The van der Waals surface area contributed by atoms with Crippen LogP contribution in [0.15, 0.2) is 12.1 Å². The number of aryl methyl sites for hydroxylation is 1. The molecule has 1 nitrogen and oxygen atoms in total. The van der Waals surface area contributed by atoms with Crippen molar-refractivity contribution >= 4 is 11.8 Å². The van der Waals surface area contributed by atoms with Crippen LogP contribution in [-0.2, 0) is 11.2 Å². The first-order valence-electron chi connectivity index (χ1n) is 14.8. The van der Waals surface area contributed by atoms with Crippen molar-refractivity contribution in [2.75, 3.05) is 5.75 Å². The topological polar surface area (TPSA) is 20.2 Å². The van der Waals surface area contributed by atoms with Gasteiger partial charge >= 0.3 is 0 Å². The van der Waals surface area contributed by atoms with Gasteiger partial charge in [0.05, 0.1) is 0 Å². The molecule has 0 heterocycles. The van der Waals surface area contributed by atoms with E-state index in [0.717, 1.165) is 23.3 Å². The molecule has 0 fully saturated rings. The van der Waals surface area contributed by atoms with Crippen molar-refractivity contribution in [3.8, 4) is 5.75 Å². The number of hydrogen-bond acceptors (Lipinski definition) is 2. The van der Waals surface area contributed by atoms with Gasteiger partial charge in [-0.15, -0.1) is 0 Å². The van der Waals surface area contributed by atoms with E-state index >= 15 is 0 Å². The SMILES string of the molecule is CCCCCCCCCCCCSCc1cc(C)c(O)c(C(C)(C)CCCCCCCCC)c1. The average Bonchev–Trinajstić information content (AvgIpc) is 2.81. The monoisotopic (exact) mass is 490 g/mol. The molecule has 0 atom stereocenters. The normalized spacial score (nSPS) is 11.9. The van der Waals surface area contributed by atoms with E-state index in [1.807, 2.05) is 0 Å².